The van der Waals surface area contributed by atoms with E-state index in [0.29, 0.717) is 27.7 Å². The maximum atomic E-state index is 12.7. The van der Waals surface area contributed by atoms with E-state index >= 15 is 0 Å². The van der Waals surface area contributed by atoms with Crippen molar-refractivity contribution in [2.45, 2.75) is 36.6 Å². The monoisotopic (exact) mass is 604 g/mol. The molecule has 0 unspecified atom stereocenters. The predicted molar refractivity (Wildman–Crippen MR) is 159 cm³/mol. The smallest absolute Gasteiger partial charge is 0.263 e. The van der Waals surface area contributed by atoms with Crippen molar-refractivity contribution in [3.63, 3.8) is 0 Å². The molecule has 0 aliphatic rings. The van der Waals surface area contributed by atoms with Crippen LogP contribution in [0.4, 0.5) is 16.6 Å². The molecule has 4 N–H and O–H groups in total. The number of aryl methyl sites for hydroxylation is 1. The topological polar surface area (TPSA) is 188 Å². The fourth-order valence-electron chi connectivity index (χ4n) is 3.79. The molecule has 0 aliphatic heterocycles. The van der Waals surface area contributed by atoms with Gasteiger partial charge >= 0.3 is 0 Å². The molecule has 2 heterocycles. The molecular formula is C27H24N8O3S3. The molecule has 0 aliphatic carbocycles. The fourth-order valence-corrected chi connectivity index (χ4v) is 6.40. The number of nitrogen functional groups attached to an aromatic ring is 1. The first-order chi connectivity index (χ1) is 19.5. The van der Waals surface area contributed by atoms with Gasteiger partial charge in [-0.15, -0.1) is 10.2 Å². The second-order valence-corrected chi connectivity index (χ2v) is 12.8. The number of amides is 1. The number of hydrogen-bond acceptors (Lipinski definition) is 11. The van der Waals surface area contributed by atoms with Crippen molar-refractivity contribution in [1.29, 1.82) is 10.5 Å². The normalized spacial score (nSPS) is 11.1. The highest BCUT2D eigenvalue weighted by Crippen LogP contribution is 2.36. The van der Waals surface area contributed by atoms with Crippen molar-refractivity contribution in [3.05, 3.63) is 70.2 Å². The van der Waals surface area contributed by atoms with Crippen molar-refractivity contribution in [3.8, 4) is 23.3 Å². The minimum absolute atomic E-state index is 0.0115. The number of sulfonamides is 1. The number of nitrogens with two attached hydrogens (primary N) is 1. The third kappa shape index (κ3) is 6.81. The lowest BCUT2D eigenvalue weighted by Gasteiger charge is -2.14. The summed E-state index contributed by atoms with van der Waals surface area (Å²) >= 11 is 2.12. The molecule has 41 heavy (non-hydrogen) atoms. The minimum atomic E-state index is -3.88. The van der Waals surface area contributed by atoms with Gasteiger partial charge in [-0.05, 0) is 48.2 Å². The molecule has 2 aromatic heterocycles. The first-order valence-electron chi connectivity index (χ1n) is 12.1. The highest BCUT2D eigenvalue weighted by atomic mass is 32.2. The third-order valence-electron chi connectivity index (χ3n) is 5.82. The van der Waals surface area contributed by atoms with Crippen LogP contribution in [-0.2, 0) is 14.8 Å². The number of thioether (sulfide) groups is 1. The fraction of sp³-hybridized carbons (Fsp3) is 0.185. The van der Waals surface area contributed by atoms with E-state index in [1.807, 2.05) is 30.3 Å². The molecule has 2 aromatic carbocycles. The molecule has 4 rings (SSSR count). The molecule has 14 heteroatoms. The summed E-state index contributed by atoms with van der Waals surface area (Å²) in [4.78, 5) is 16.9. The Balaban J connectivity index is 1.49. The number of nitriles is 2. The van der Waals surface area contributed by atoms with E-state index < -0.39 is 15.9 Å². The number of carbonyl (C=O) groups is 1. The van der Waals surface area contributed by atoms with Gasteiger partial charge in [0.2, 0.25) is 11.0 Å². The van der Waals surface area contributed by atoms with Gasteiger partial charge in [-0.3, -0.25) is 9.52 Å². The summed E-state index contributed by atoms with van der Waals surface area (Å²) in [6.45, 7) is 5.84. The number of hydrogen-bond donors (Lipinski definition) is 3. The zero-order chi connectivity index (χ0) is 29.7. The van der Waals surface area contributed by atoms with Gasteiger partial charge in [0.25, 0.3) is 10.0 Å². The van der Waals surface area contributed by atoms with Crippen LogP contribution in [0.1, 0.15) is 41.5 Å². The van der Waals surface area contributed by atoms with Crippen molar-refractivity contribution in [1.82, 2.24) is 15.2 Å². The standard InChI is InChI=1S/C27H24N8O3S3/c1-15(2)17-4-6-18(7-5-17)24-21(12-28)25(30)32-26(22(24)13-29)39-14-23(36)31-19-8-10-20(11-9-19)41(37,38)35-27-34-33-16(3)40-27/h4-11,15H,14H2,1-3H3,(H2,30,32)(H,31,36)(H,34,35). The largest absolute Gasteiger partial charge is 0.383 e. The Kier molecular flexibility index (Phi) is 8.88. The zero-order valence-corrected chi connectivity index (χ0v) is 24.6. The molecule has 0 saturated carbocycles. The summed E-state index contributed by atoms with van der Waals surface area (Å²) in [6.07, 6.45) is 0. The van der Waals surface area contributed by atoms with E-state index in [-0.39, 0.29) is 37.8 Å². The van der Waals surface area contributed by atoms with Gasteiger partial charge in [-0.25, -0.2) is 13.4 Å². The molecule has 0 fully saturated rings. The Morgan fingerprint density at radius 3 is 2.27 bits per heavy atom. The van der Waals surface area contributed by atoms with E-state index in [2.05, 4.69) is 45.1 Å². The third-order valence-corrected chi connectivity index (χ3v) is 9.03. The van der Waals surface area contributed by atoms with Gasteiger partial charge in [-0.1, -0.05) is 61.2 Å². The molecule has 0 atom stereocenters. The van der Waals surface area contributed by atoms with Gasteiger partial charge in [0.15, 0.2) is 0 Å². The lowest BCUT2D eigenvalue weighted by Crippen LogP contribution is -2.15. The summed E-state index contributed by atoms with van der Waals surface area (Å²) in [5.41, 5.74) is 8.83. The quantitative estimate of drug-likeness (QED) is 0.222. The summed E-state index contributed by atoms with van der Waals surface area (Å²) in [6, 6.07) is 17.3. The molecule has 11 nitrogen and oxygen atoms in total. The number of nitrogens with zero attached hydrogens (tertiary/aromatic N) is 5. The summed E-state index contributed by atoms with van der Waals surface area (Å²) < 4.78 is 27.5. The molecule has 4 aromatic rings. The van der Waals surface area contributed by atoms with Crippen LogP contribution in [-0.4, -0.2) is 35.3 Å². The van der Waals surface area contributed by atoms with Gasteiger partial charge in [-0.2, -0.15) is 10.5 Å². The van der Waals surface area contributed by atoms with Crippen molar-refractivity contribution in [2.75, 3.05) is 21.5 Å². The average molecular weight is 605 g/mol. The van der Waals surface area contributed by atoms with Crippen molar-refractivity contribution < 1.29 is 13.2 Å². The van der Waals surface area contributed by atoms with Crippen LogP contribution in [0, 0.1) is 29.6 Å². The number of benzene rings is 2. The minimum Gasteiger partial charge on any atom is -0.383 e. The van der Waals surface area contributed by atoms with Crippen molar-refractivity contribution in [2.24, 2.45) is 0 Å². The van der Waals surface area contributed by atoms with Crippen molar-refractivity contribution >= 4 is 55.7 Å². The predicted octanol–water partition coefficient (Wildman–Crippen LogP) is 4.89. The molecule has 0 spiro atoms. The van der Waals surface area contributed by atoms with Crippen LogP contribution in [0.25, 0.3) is 11.1 Å². The Hall–Kier alpha value is -4.50. The molecule has 208 valence electrons. The van der Waals surface area contributed by atoms with Gasteiger partial charge in [0.1, 0.15) is 33.6 Å². The zero-order valence-electron chi connectivity index (χ0n) is 22.2. The Bertz CT molecular complexity index is 1790. The van der Waals surface area contributed by atoms with E-state index in [9.17, 15) is 23.7 Å². The number of nitrogens with one attached hydrogen (secondary N) is 2. The van der Waals surface area contributed by atoms with Gasteiger partial charge in [0.05, 0.1) is 16.2 Å². The summed E-state index contributed by atoms with van der Waals surface area (Å²) in [5, 5.41) is 31.0. The van der Waals surface area contributed by atoms with Gasteiger partial charge < -0.3 is 11.1 Å². The summed E-state index contributed by atoms with van der Waals surface area (Å²) in [7, 11) is -3.88. The second kappa shape index (κ2) is 12.3. The van der Waals surface area contributed by atoms with E-state index in [1.165, 1.54) is 24.3 Å². The molecule has 1 amide bonds. The highest BCUT2D eigenvalue weighted by Gasteiger charge is 2.22. The van der Waals surface area contributed by atoms with Crippen LogP contribution >= 0.6 is 23.1 Å². The molecule has 0 bridgehead atoms. The Morgan fingerprint density at radius 2 is 1.71 bits per heavy atom. The number of rotatable bonds is 9. The first-order valence-corrected chi connectivity index (χ1v) is 15.4. The van der Waals surface area contributed by atoms with Crippen LogP contribution in [0.5, 0.6) is 0 Å². The maximum absolute atomic E-state index is 12.7. The van der Waals surface area contributed by atoms with E-state index in [1.54, 1.807) is 6.92 Å². The van der Waals surface area contributed by atoms with Crippen LogP contribution in [0.15, 0.2) is 58.5 Å². The number of aromatic nitrogens is 3. The SMILES string of the molecule is Cc1nnc(NS(=O)(=O)c2ccc(NC(=O)CSc3nc(N)c(C#N)c(-c4ccc(C(C)C)cc4)c3C#N)cc2)s1. The van der Waals surface area contributed by atoms with E-state index in [4.69, 9.17) is 5.73 Å². The number of carbonyl (C=O) groups excluding carboxylic acids is 1. The first kappa shape index (κ1) is 29.5. The highest BCUT2D eigenvalue weighted by molar-refractivity contribution is 8.00. The molecular weight excluding hydrogens is 581 g/mol. The maximum Gasteiger partial charge on any atom is 0.263 e. The van der Waals surface area contributed by atoms with Crippen LogP contribution in [0.2, 0.25) is 0 Å². The summed E-state index contributed by atoms with van der Waals surface area (Å²) in [5.74, 6) is -0.253. The van der Waals surface area contributed by atoms with Gasteiger partial charge in [0, 0.05) is 11.3 Å². The van der Waals surface area contributed by atoms with Crippen LogP contribution in [0.3, 0.4) is 0 Å². The van der Waals surface area contributed by atoms with Crippen LogP contribution < -0.4 is 15.8 Å². The average Bonchev–Trinajstić information content (AvgIpc) is 3.35. The molecule has 0 radical (unpaired) electrons. The second-order valence-electron chi connectivity index (χ2n) is 9.02. The lowest BCUT2D eigenvalue weighted by molar-refractivity contribution is -0.113. The Labute approximate surface area is 245 Å². The molecule has 0 saturated heterocycles. The van der Waals surface area contributed by atoms with E-state index in [0.717, 1.165) is 28.7 Å². The lowest BCUT2D eigenvalue weighted by atomic mass is 9.94. The Morgan fingerprint density at radius 1 is 1.05 bits per heavy atom. The number of anilines is 3. The number of pyridine rings is 1.